The van der Waals surface area contributed by atoms with Crippen LogP contribution in [-0.2, 0) is 9.53 Å². The molecule has 0 spiro atoms. The lowest BCUT2D eigenvalue weighted by atomic mass is 10.0. The molecule has 1 fully saturated rings. The van der Waals surface area contributed by atoms with Gasteiger partial charge in [0.2, 0.25) is 5.91 Å². The summed E-state index contributed by atoms with van der Waals surface area (Å²) in [5.74, 6) is 0.448. The van der Waals surface area contributed by atoms with Gasteiger partial charge >= 0.3 is 0 Å². The quantitative estimate of drug-likeness (QED) is 0.562. The molecule has 1 aliphatic rings. The van der Waals surface area contributed by atoms with Gasteiger partial charge in [-0.3, -0.25) is 4.79 Å². The van der Waals surface area contributed by atoms with E-state index in [0.29, 0.717) is 0 Å². The van der Waals surface area contributed by atoms with Crippen LogP contribution in [-0.4, -0.2) is 39.3 Å². The molecule has 4 nitrogen and oxygen atoms in total. The first kappa shape index (κ1) is 10.5. The van der Waals surface area contributed by atoms with Crippen molar-refractivity contribution in [3.8, 4) is 0 Å². The van der Waals surface area contributed by atoms with Gasteiger partial charge in [-0.25, -0.2) is 0 Å². The SMILES string of the molecule is COCCNCCC1CCNC1=O. The maximum absolute atomic E-state index is 11.1. The van der Waals surface area contributed by atoms with E-state index < -0.39 is 0 Å². The fourth-order valence-corrected chi connectivity index (χ4v) is 1.50. The monoisotopic (exact) mass is 186 g/mol. The molecule has 0 bridgehead atoms. The zero-order valence-electron chi connectivity index (χ0n) is 8.14. The Labute approximate surface area is 79.0 Å². The summed E-state index contributed by atoms with van der Waals surface area (Å²) < 4.78 is 4.89. The number of hydrogen-bond donors (Lipinski definition) is 2. The number of rotatable bonds is 6. The summed E-state index contributed by atoms with van der Waals surface area (Å²) in [5.41, 5.74) is 0. The maximum atomic E-state index is 11.1. The Morgan fingerprint density at radius 2 is 2.46 bits per heavy atom. The summed E-state index contributed by atoms with van der Waals surface area (Å²) in [4.78, 5) is 11.1. The number of amides is 1. The molecule has 0 aromatic rings. The third-order valence-electron chi connectivity index (χ3n) is 2.32. The number of ether oxygens (including phenoxy) is 1. The normalized spacial score (nSPS) is 21.9. The molecule has 2 N–H and O–H groups in total. The Morgan fingerprint density at radius 3 is 3.08 bits per heavy atom. The zero-order chi connectivity index (χ0) is 9.52. The molecule has 4 heteroatoms. The zero-order valence-corrected chi connectivity index (χ0v) is 8.14. The minimum Gasteiger partial charge on any atom is -0.383 e. The second kappa shape index (κ2) is 5.94. The number of carbonyl (C=O) groups is 1. The molecular formula is C9H18N2O2. The second-order valence-electron chi connectivity index (χ2n) is 3.31. The highest BCUT2D eigenvalue weighted by Gasteiger charge is 2.22. The fraction of sp³-hybridized carbons (Fsp3) is 0.889. The molecule has 1 saturated heterocycles. The van der Waals surface area contributed by atoms with Gasteiger partial charge in [-0.1, -0.05) is 0 Å². The summed E-state index contributed by atoms with van der Waals surface area (Å²) in [6.45, 7) is 3.35. The van der Waals surface area contributed by atoms with Gasteiger partial charge in [0, 0.05) is 26.1 Å². The van der Waals surface area contributed by atoms with Gasteiger partial charge in [-0.15, -0.1) is 0 Å². The van der Waals surface area contributed by atoms with E-state index in [9.17, 15) is 4.79 Å². The third kappa shape index (κ3) is 3.74. The van der Waals surface area contributed by atoms with Gasteiger partial charge in [-0.2, -0.15) is 0 Å². The van der Waals surface area contributed by atoms with Gasteiger partial charge in [-0.05, 0) is 19.4 Å². The molecule has 1 unspecified atom stereocenters. The van der Waals surface area contributed by atoms with Gasteiger partial charge in [0.05, 0.1) is 6.61 Å². The van der Waals surface area contributed by atoms with E-state index in [2.05, 4.69) is 10.6 Å². The Bertz CT molecular complexity index is 162. The molecule has 1 rings (SSSR count). The summed E-state index contributed by atoms with van der Waals surface area (Å²) in [6, 6.07) is 0. The molecule has 1 heterocycles. The molecule has 1 aliphatic heterocycles. The highest BCUT2D eigenvalue weighted by Crippen LogP contribution is 2.12. The molecule has 0 saturated carbocycles. The Balaban J connectivity index is 1.96. The summed E-state index contributed by atoms with van der Waals surface area (Å²) >= 11 is 0. The van der Waals surface area contributed by atoms with E-state index in [-0.39, 0.29) is 11.8 Å². The highest BCUT2D eigenvalue weighted by atomic mass is 16.5. The lowest BCUT2D eigenvalue weighted by Gasteiger charge is -2.07. The van der Waals surface area contributed by atoms with Gasteiger partial charge in [0.1, 0.15) is 0 Å². The molecule has 0 aliphatic carbocycles. The van der Waals surface area contributed by atoms with Crippen molar-refractivity contribution in [1.29, 1.82) is 0 Å². The summed E-state index contributed by atoms with van der Waals surface area (Å²) in [5, 5.41) is 6.06. The summed E-state index contributed by atoms with van der Waals surface area (Å²) in [6.07, 6.45) is 1.93. The van der Waals surface area contributed by atoms with Crippen molar-refractivity contribution in [2.75, 3.05) is 33.4 Å². The first-order chi connectivity index (χ1) is 6.34. The number of nitrogens with one attached hydrogen (secondary N) is 2. The van der Waals surface area contributed by atoms with E-state index in [1.807, 2.05) is 0 Å². The van der Waals surface area contributed by atoms with E-state index in [4.69, 9.17) is 4.74 Å². The average molecular weight is 186 g/mol. The van der Waals surface area contributed by atoms with Crippen molar-refractivity contribution in [2.45, 2.75) is 12.8 Å². The predicted molar refractivity (Wildman–Crippen MR) is 50.5 cm³/mol. The fourth-order valence-electron chi connectivity index (χ4n) is 1.50. The van der Waals surface area contributed by atoms with Crippen LogP contribution in [0.2, 0.25) is 0 Å². The van der Waals surface area contributed by atoms with Crippen LogP contribution in [0.4, 0.5) is 0 Å². The number of carbonyl (C=O) groups excluding carboxylic acids is 1. The van der Waals surface area contributed by atoms with Crippen molar-refractivity contribution in [3.63, 3.8) is 0 Å². The first-order valence-electron chi connectivity index (χ1n) is 4.82. The van der Waals surface area contributed by atoms with Crippen LogP contribution < -0.4 is 10.6 Å². The summed E-state index contributed by atoms with van der Waals surface area (Å²) in [7, 11) is 1.69. The van der Waals surface area contributed by atoms with E-state index in [0.717, 1.165) is 39.1 Å². The van der Waals surface area contributed by atoms with E-state index >= 15 is 0 Å². The molecule has 13 heavy (non-hydrogen) atoms. The van der Waals surface area contributed by atoms with Crippen molar-refractivity contribution in [2.24, 2.45) is 5.92 Å². The molecular weight excluding hydrogens is 168 g/mol. The lowest BCUT2D eigenvalue weighted by Crippen LogP contribution is -2.25. The standard InChI is InChI=1S/C9H18N2O2/c1-13-7-6-10-4-2-8-3-5-11-9(8)12/h8,10H,2-7H2,1H3,(H,11,12). The van der Waals surface area contributed by atoms with Crippen LogP contribution in [0, 0.1) is 5.92 Å². The van der Waals surface area contributed by atoms with Crippen LogP contribution in [0.1, 0.15) is 12.8 Å². The van der Waals surface area contributed by atoms with Crippen LogP contribution in [0.25, 0.3) is 0 Å². The molecule has 0 aromatic carbocycles. The van der Waals surface area contributed by atoms with Crippen LogP contribution in [0.3, 0.4) is 0 Å². The third-order valence-corrected chi connectivity index (χ3v) is 2.32. The lowest BCUT2D eigenvalue weighted by molar-refractivity contribution is -0.122. The minimum atomic E-state index is 0.216. The van der Waals surface area contributed by atoms with Gasteiger partial charge in [0.15, 0.2) is 0 Å². The molecule has 76 valence electrons. The first-order valence-corrected chi connectivity index (χ1v) is 4.82. The van der Waals surface area contributed by atoms with Crippen LogP contribution in [0.15, 0.2) is 0 Å². The molecule has 1 atom stereocenters. The van der Waals surface area contributed by atoms with Crippen molar-refractivity contribution < 1.29 is 9.53 Å². The Morgan fingerprint density at radius 1 is 1.62 bits per heavy atom. The highest BCUT2D eigenvalue weighted by molar-refractivity contribution is 5.80. The molecule has 0 aromatic heterocycles. The Hall–Kier alpha value is -0.610. The molecule has 0 radical (unpaired) electrons. The van der Waals surface area contributed by atoms with Crippen molar-refractivity contribution in [3.05, 3.63) is 0 Å². The number of methoxy groups -OCH3 is 1. The van der Waals surface area contributed by atoms with Gasteiger partial charge < -0.3 is 15.4 Å². The largest absolute Gasteiger partial charge is 0.383 e. The van der Waals surface area contributed by atoms with Crippen LogP contribution >= 0.6 is 0 Å². The topological polar surface area (TPSA) is 50.4 Å². The van der Waals surface area contributed by atoms with Crippen LogP contribution in [0.5, 0.6) is 0 Å². The van der Waals surface area contributed by atoms with Crippen molar-refractivity contribution in [1.82, 2.24) is 10.6 Å². The van der Waals surface area contributed by atoms with Gasteiger partial charge in [0.25, 0.3) is 0 Å². The van der Waals surface area contributed by atoms with E-state index in [1.54, 1.807) is 7.11 Å². The molecule has 1 amide bonds. The second-order valence-corrected chi connectivity index (χ2v) is 3.31. The maximum Gasteiger partial charge on any atom is 0.223 e. The van der Waals surface area contributed by atoms with Crippen molar-refractivity contribution >= 4 is 5.91 Å². The predicted octanol–water partition coefficient (Wildman–Crippen LogP) is -0.251. The minimum absolute atomic E-state index is 0.216. The average Bonchev–Trinajstić information content (AvgIpc) is 2.52. The smallest absolute Gasteiger partial charge is 0.223 e. The van der Waals surface area contributed by atoms with E-state index in [1.165, 1.54) is 0 Å². The number of hydrogen-bond acceptors (Lipinski definition) is 3. The Kier molecular flexibility index (Phi) is 4.78.